The summed E-state index contributed by atoms with van der Waals surface area (Å²) in [5.74, 6) is -0.196. The molecule has 0 spiro atoms. The highest BCUT2D eigenvalue weighted by molar-refractivity contribution is 7.47. The molecule has 0 aromatic carbocycles. The predicted molar refractivity (Wildman–Crippen MR) is 263 cm³/mol. The number of amides is 1. The fourth-order valence-electron chi connectivity index (χ4n) is 6.95. The molecule has 0 bridgehead atoms. The minimum atomic E-state index is -4.36. The first-order valence-corrected chi connectivity index (χ1v) is 26.7. The lowest BCUT2D eigenvalue weighted by Crippen LogP contribution is -2.45. The summed E-state index contributed by atoms with van der Waals surface area (Å²) in [5.41, 5.74) is 0. The molecule has 0 aromatic rings. The molecule has 3 atom stereocenters. The smallest absolute Gasteiger partial charge is 0.387 e. The van der Waals surface area contributed by atoms with Crippen LogP contribution >= 0.6 is 7.82 Å². The second-order valence-electron chi connectivity index (χ2n) is 18.2. The third kappa shape index (κ3) is 46.0. The Hall–Kier alpha value is -1.80. The molecule has 0 saturated carbocycles. The first-order chi connectivity index (χ1) is 29.5. The van der Waals surface area contributed by atoms with Crippen molar-refractivity contribution in [2.45, 2.75) is 225 Å². The van der Waals surface area contributed by atoms with Crippen LogP contribution in [0.3, 0.4) is 0 Å². The predicted octanol–water partition coefficient (Wildman–Crippen LogP) is 14.6. The van der Waals surface area contributed by atoms with E-state index in [1.54, 1.807) is 6.08 Å². The van der Waals surface area contributed by atoms with Crippen molar-refractivity contribution in [3.8, 4) is 0 Å². The molecule has 0 aliphatic rings. The Kier molecular flexibility index (Phi) is 42.2. The molecule has 0 aromatic heterocycles. The molecule has 9 heteroatoms. The molecule has 0 fully saturated rings. The largest absolute Gasteiger partial charge is 0.472 e. The molecule has 3 unspecified atom stereocenters. The van der Waals surface area contributed by atoms with Gasteiger partial charge < -0.3 is 19.8 Å². The maximum Gasteiger partial charge on any atom is 0.472 e. The van der Waals surface area contributed by atoms with Gasteiger partial charge in [0, 0.05) is 6.42 Å². The molecule has 0 aliphatic heterocycles. The minimum absolute atomic E-state index is 0.0509. The molecule has 61 heavy (non-hydrogen) atoms. The van der Waals surface area contributed by atoms with E-state index in [2.05, 4.69) is 67.8 Å². The second kappa shape index (κ2) is 43.5. The monoisotopic (exact) mass is 878 g/mol. The normalized spacial score (nSPS) is 14.7. The van der Waals surface area contributed by atoms with Crippen molar-refractivity contribution >= 4 is 13.7 Å². The van der Waals surface area contributed by atoms with Gasteiger partial charge >= 0.3 is 7.82 Å². The Morgan fingerprint density at radius 1 is 0.557 bits per heavy atom. The number of aliphatic hydroxyl groups excluding tert-OH is 1. The van der Waals surface area contributed by atoms with E-state index < -0.39 is 20.0 Å². The van der Waals surface area contributed by atoms with Crippen LogP contribution in [-0.2, 0) is 18.4 Å². The molecule has 0 rings (SSSR count). The van der Waals surface area contributed by atoms with Crippen LogP contribution in [-0.4, -0.2) is 73.4 Å². The van der Waals surface area contributed by atoms with Crippen molar-refractivity contribution in [2.24, 2.45) is 0 Å². The molecule has 0 radical (unpaired) electrons. The molecule has 0 saturated heterocycles. The van der Waals surface area contributed by atoms with Gasteiger partial charge in [-0.2, -0.15) is 0 Å². The number of allylic oxidation sites excluding steroid dienone is 9. The standard InChI is InChI=1S/C52H97N2O6P/c1-6-8-10-12-14-16-18-20-22-24-26-28-29-31-33-35-37-39-41-43-45-51(55)50(49-60-61(57,58)59-48-47-54(3,4)5)53-52(56)46-44-42-40-38-36-34-32-30-27-25-23-21-19-17-15-13-11-9-7-2/h15,17,19,21,28-29,35,37,43,45,50-51,55H,6-14,16,18,20,22-27,30-34,36,38-42,44,46-49H2,1-5H3,(H-,53,56,57,58)/p+1/b17-15-,21-19-,29-28+,37-35+,45-43+. The lowest BCUT2D eigenvalue weighted by molar-refractivity contribution is -0.870. The number of nitrogens with zero attached hydrogens (tertiary/aromatic N) is 1. The van der Waals surface area contributed by atoms with Crippen LogP contribution in [0.2, 0.25) is 0 Å². The van der Waals surface area contributed by atoms with Crippen LogP contribution in [0.5, 0.6) is 0 Å². The zero-order valence-electron chi connectivity index (χ0n) is 40.4. The fraction of sp³-hybridized carbons (Fsp3) is 0.788. The summed E-state index contributed by atoms with van der Waals surface area (Å²) in [6, 6.07) is -0.873. The zero-order chi connectivity index (χ0) is 45.0. The maximum atomic E-state index is 12.9. The number of carbonyl (C=O) groups is 1. The number of aliphatic hydroxyl groups is 1. The van der Waals surface area contributed by atoms with E-state index in [9.17, 15) is 19.4 Å². The summed E-state index contributed by atoms with van der Waals surface area (Å²) in [6.07, 6.45) is 57.3. The highest BCUT2D eigenvalue weighted by Crippen LogP contribution is 2.43. The van der Waals surface area contributed by atoms with Crippen molar-refractivity contribution in [3.63, 3.8) is 0 Å². The van der Waals surface area contributed by atoms with Gasteiger partial charge in [0.1, 0.15) is 13.2 Å². The third-order valence-electron chi connectivity index (χ3n) is 11.0. The Bertz CT molecular complexity index is 1180. The molecule has 356 valence electrons. The molecule has 0 heterocycles. The number of carbonyl (C=O) groups excluding carboxylic acids is 1. The summed E-state index contributed by atoms with van der Waals surface area (Å²) in [5, 5.41) is 13.9. The molecule has 8 nitrogen and oxygen atoms in total. The number of hydrogen-bond acceptors (Lipinski definition) is 5. The van der Waals surface area contributed by atoms with Crippen LogP contribution in [0.15, 0.2) is 60.8 Å². The highest BCUT2D eigenvalue weighted by Gasteiger charge is 2.27. The van der Waals surface area contributed by atoms with Crippen LogP contribution in [0, 0.1) is 0 Å². The first kappa shape index (κ1) is 59.2. The van der Waals surface area contributed by atoms with Gasteiger partial charge in [0.25, 0.3) is 0 Å². The topological polar surface area (TPSA) is 105 Å². The van der Waals surface area contributed by atoms with Gasteiger partial charge in [-0.15, -0.1) is 0 Å². The number of phosphoric acid groups is 1. The number of phosphoric ester groups is 1. The Morgan fingerprint density at radius 3 is 1.44 bits per heavy atom. The van der Waals surface area contributed by atoms with Gasteiger partial charge in [-0.1, -0.05) is 197 Å². The number of rotatable bonds is 45. The van der Waals surface area contributed by atoms with Gasteiger partial charge in [0.2, 0.25) is 5.91 Å². The van der Waals surface area contributed by atoms with Gasteiger partial charge in [-0.05, 0) is 70.6 Å². The number of nitrogens with one attached hydrogen (secondary N) is 1. The SMILES string of the molecule is CCCCC/C=C\C=C/CCCCCCCCCCCCC(=O)NC(COP(=O)(O)OCC[N+](C)(C)C)C(O)/C=C/CC/C=C/CC/C=C/CCCCCCCCCCCC. The molecule has 0 aliphatic carbocycles. The summed E-state index contributed by atoms with van der Waals surface area (Å²) in [6.45, 7) is 4.76. The Morgan fingerprint density at radius 2 is 0.951 bits per heavy atom. The van der Waals surface area contributed by atoms with E-state index in [1.165, 1.54) is 148 Å². The van der Waals surface area contributed by atoms with Gasteiger partial charge in [0.05, 0.1) is 39.9 Å². The number of hydrogen-bond donors (Lipinski definition) is 3. The highest BCUT2D eigenvalue weighted by atomic mass is 31.2. The van der Waals surface area contributed by atoms with Crippen LogP contribution in [0.1, 0.15) is 213 Å². The van der Waals surface area contributed by atoms with E-state index >= 15 is 0 Å². The molecular weight excluding hydrogens is 780 g/mol. The zero-order valence-corrected chi connectivity index (χ0v) is 41.3. The average molecular weight is 878 g/mol. The first-order valence-electron chi connectivity index (χ1n) is 25.2. The molecule has 1 amide bonds. The van der Waals surface area contributed by atoms with Gasteiger partial charge in [-0.3, -0.25) is 13.8 Å². The number of likely N-dealkylation sites (N-methyl/N-ethyl adjacent to an activating group) is 1. The van der Waals surface area contributed by atoms with E-state index in [4.69, 9.17) is 9.05 Å². The average Bonchev–Trinajstić information content (AvgIpc) is 3.21. The summed E-state index contributed by atoms with van der Waals surface area (Å²) >= 11 is 0. The van der Waals surface area contributed by atoms with Crippen molar-refractivity contribution < 1.29 is 32.9 Å². The van der Waals surface area contributed by atoms with Crippen molar-refractivity contribution in [1.82, 2.24) is 5.32 Å². The van der Waals surface area contributed by atoms with E-state index in [1.807, 2.05) is 27.2 Å². The van der Waals surface area contributed by atoms with Crippen LogP contribution < -0.4 is 5.32 Å². The van der Waals surface area contributed by atoms with Crippen LogP contribution in [0.4, 0.5) is 0 Å². The van der Waals surface area contributed by atoms with Crippen molar-refractivity contribution in [3.05, 3.63) is 60.8 Å². The third-order valence-corrected chi connectivity index (χ3v) is 11.9. The van der Waals surface area contributed by atoms with Crippen molar-refractivity contribution in [2.75, 3.05) is 40.9 Å². The summed E-state index contributed by atoms with van der Waals surface area (Å²) in [4.78, 5) is 23.2. The van der Waals surface area contributed by atoms with Gasteiger partial charge in [-0.25, -0.2) is 4.57 Å². The lowest BCUT2D eigenvalue weighted by atomic mass is 10.0. The Labute approximate surface area is 377 Å². The van der Waals surface area contributed by atoms with Crippen molar-refractivity contribution in [1.29, 1.82) is 0 Å². The molecular formula is C52H98N2O6P+. The van der Waals surface area contributed by atoms with E-state index in [-0.39, 0.29) is 19.1 Å². The second-order valence-corrected chi connectivity index (χ2v) is 19.7. The lowest BCUT2D eigenvalue weighted by Gasteiger charge is -2.25. The van der Waals surface area contributed by atoms with E-state index in [0.717, 1.165) is 44.9 Å². The fourth-order valence-corrected chi connectivity index (χ4v) is 7.68. The Balaban J connectivity index is 4.42. The van der Waals surface area contributed by atoms with Crippen LogP contribution in [0.25, 0.3) is 0 Å². The summed E-state index contributed by atoms with van der Waals surface area (Å²) < 4.78 is 23.6. The minimum Gasteiger partial charge on any atom is -0.387 e. The maximum absolute atomic E-state index is 12.9. The molecule has 3 N–H and O–H groups in total. The van der Waals surface area contributed by atoms with E-state index in [0.29, 0.717) is 17.4 Å². The summed E-state index contributed by atoms with van der Waals surface area (Å²) in [7, 11) is 1.54. The van der Waals surface area contributed by atoms with Gasteiger partial charge in [0.15, 0.2) is 0 Å². The number of quaternary nitrogens is 1. The number of unbranched alkanes of at least 4 members (excludes halogenated alkanes) is 25. The quantitative estimate of drug-likeness (QED) is 0.0185.